The van der Waals surface area contributed by atoms with Gasteiger partial charge in [-0.2, -0.15) is 0 Å². The van der Waals surface area contributed by atoms with Gasteiger partial charge >= 0.3 is 0 Å². The maximum atomic E-state index is 13.2. The first-order chi connectivity index (χ1) is 9.03. The maximum absolute atomic E-state index is 13.2. The minimum absolute atomic E-state index is 0.123. The van der Waals surface area contributed by atoms with E-state index in [-0.39, 0.29) is 16.1 Å². The summed E-state index contributed by atoms with van der Waals surface area (Å²) in [6.07, 6.45) is 2.83. The van der Waals surface area contributed by atoms with Gasteiger partial charge in [0.1, 0.15) is 5.82 Å². The van der Waals surface area contributed by atoms with Gasteiger partial charge in [-0.25, -0.2) is 12.8 Å². The second-order valence-electron chi connectivity index (χ2n) is 3.76. The number of sulfonamides is 1. The fraction of sp³-hybridized carbons (Fsp3) is 0.0833. The van der Waals surface area contributed by atoms with Crippen molar-refractivity contribution < 1.29 is 17.9 Å². The summed E-state index contributed by atoms with van der Waals surface area (Å²) in [5.74, 6) is -0.691. The summed E-state index contributed by atoms with van der Waals surface area (Å²) in [5.41, 5.74) is 0.383. The van der Waals surface area contributed by atoms with Gasteiger partial charge in [-0.05, 0) is 29.8 Å². The second kappa shape index (κ2) is 5.33. The van der Waals surface area contributed by atoms with Crippen molar-refractivity contribution in [2.24, 2.45) is 0 Å². The maximum Gasteiger partial charge on any atom is 0.262 e. The van der Waals surface area contributed by atoms with Crippen LogP contribution in [0.15, 0.2) is 47.6 Å². The molecule has 1 aromatic carbocycles. The summed E-state index contributed by atoms with van der Waals surface area (Å²) in [5, 5.41) is 9.11. The van der Waals surface area contributed by atoms with E-state index in [1.807, 2.05) is 0 Å². The van der Waals surface area contributed by atoms with Crippen LogP contribution in [0.1, 0.15) is 5.56 Å². The normalized spacial score (nSPS) is 11.3. The molecule has 0 saturated carbocycles. The number of nitrogens with zero attached hydrogens (tertiary/aromatic N) is 1. The third-order valence-corrected chi connectivity index (χ3v) is 3.87. The lowest BCUT2D eigenvalue weighted by molar-refractivity contribution is 0.278. The standard InChI is InChI=1S/C12H11FN2O3S/c13-10-4-3-9(8-16)12(6-10)19(17,18)15-11-2-1-5-14-7-11/h1-7,15-16H,8H2. The van der Waals surface area contributed by atoms with E-state index in [2.05, 4.69) is 9.71 Å². The van der Waals surface area contributed by atoms with Crippen LogP contribution in [-0.2, 0) is 16.6 Å². The first-order valence-corrected chi connectivity index (χ1v) is 6.83. The Morgan fingerprint density at radius 1 is 1.32 bits per heavy atom. The molecule has 0 amide bonds. The minimum Gasteiger partial charge on any atom is -0.392 e. The molecule has 2 rings (SSSR count). The van der Waals surface area contributed by atoms with Crippen LogP contribution < -0.4 is 4.72 Å². The molecule has 0 aliphatic heterocycles. The topological polar surface area (TPSA) is 79.3 Å². The molecule has 0 radical (unpaired) electrons. The highest BCUT2D eigenvalue weighted by Crippen LogP contribution is 2.20. The number of aromatic nitrogens is 1. The lowest BCUT2D eigenvalue weighted by atomic mass is 10.2. The average molecular weight is 282 g/mol. The van der Waals surface area contributed by atoms with Crippen molar-refractivity contribution in [2.45, 2.75) is 11.5 Å². The molecule has 1 heterocycles. The highest BCUT2D eigenvalue weighted by Gasteiger charge is 2.19. The molecular formula is C12H11FN2O3S. The second-order valence-corrected chi connectivity index (χ2v) is 5.41. The van der Waals surface area contributed by atoms with Crippen LogP contribution in [-0.4, -0.2) is 18.5 Å². The molecule has 19 heavy (non-hydrogen) atoms. The molecule has 0 fully saturated rings. The third kappa shape index (κ3) is 3.07. The number of halogens is 1. The molecule has 0 unspecified atom stereocenters. The summed E-state index contributed by atoms with van der Waals surface area (Å²) in [7, 11) is -3.97. The summed E-state index contributed by atoms with van der Waals surface area (Å²) in [6, 6.07) is 6.27. The molecule has 0 bridgehead atoms. The van der Waals surface area contributed by atoms with Crippen LogP contribution in [0.4, 0.5) is 10.1 Å². The molecule has 7 heteroatoms. The van der Waals surface area contributed by atoms with E-state index < -0.39 is 22.4 Å². The van der Waals surface area contributed by atoms with Crippen LogP contribution in [0, 0.1) is 5.82 Å². The van der Waals surface area contributed by atoms with E-state index in [9.17, 15) is 12.8 Å². The Bertz CT molecular complexity index is 675. The molecule has 100 valence electrons. The predicted molar refractivity (Wildman–Crippen MR) is 67.4 cm³/mol. The van der Waals surface area contributed by atoms with Crippen LogP contribution in [0.2, 0.25) is 0 Å². The van der Waals surface area contributed by atoms with Crippen molar-refractivity contribution in [3.8, 4) is 0 Å². The van der Waals surface area contributed by atoms with Crippen molar-refractivity contribution in [3.63, 3.8) is 0 Å². The van der Waals surface area contributed by atoms with Crippen molar-refractivity contribution >= 4 is 15.7 Å². The highest BCUT2D eigenvalue weighted by molar-refractivity contribution is 7.92. The van der Waals surface area contributed by atoms with Gasteiger partial charge in [0.15, 0.2) is 0 Å². The van der Waals surface area contributed by atoms with E-state index in [1.165, 1.54) is 24.5 Å². The predicted octanol–water partition coefficient (Wildman–Crippen LogP) is 1.51. The van der Waals surface area contributed by atoms with E-state index >= 15 is 0 Å². The highest BCUT2D eigenvalue weighted by atomic mass is 32.2. The Morgan fingerprint density at radius 2 is 2.11 bits per heavy atom. The minimum atomic E-state index is -3.97. The van der Waals surface area contributed by atoms with Crippen molar-refractivity contribution in [1.29, 1.82) is 0 Å². The Morgan fingerprint density at radius 3 is 2.74 bits per heavy atom. The monoisotopic (exact) mass is 282 g/mol. The molecule has 2 aromatic rings. The summed E-state index contributed by atoms with van der Waals surface area (Å²) in [4.78, 5) is 3.48. The first kappa shape index (κ1) is 13.4. The van der Waals surface area contributed by atoms with Gasteiger partial charge in [-0.3, -0.25) is 9.71 Å². The smallest absolute Gasteiger partial charge is 0.262 e. The number of hydrogen-bond donors (Lipinski definition) is 2. The van der Waals surface area contributed by atoms with Crippen molar-refractivity contribution in [1.82, 2.24) is 4.98 Å². The molecule has 1 aromatic heterocycles. The molecule has 0 atom stereocenters. The van der Waals surface area contributed by atoms with Gasteiger partial charge < -0.3 is 5.11 Å². The van der Waals surface area contributed by atoms with Crippen LogP contribution >= 0.6 is 0 Å². The molecule has 0 aliphatic carbocycles. The van der Waals surface area contributed by atoms with Crippen molar-refractivity contribution in [3.05, 3.63) is 54.1 Å². The molecule has 0 saturated heterocycles. The number of aliphatic hydroxyl groups is 1. The molecule has 2 N–H and O–H groups in total. The van der Waals surface area contributed by atoms with Gasteiger partial charge in [0.2, 0.25) is 0 Å². The van der Waals surface area contributed by atoms with Crippen molar-refractivity contribution in [2.75, 3.05) is 4.72 Å². The number of nitrogens with one attached hydrogen (secondary N) is 1. The summed E-state index contributed by atoms with van der Waals surface area (Å²) < 4.78 is 39.7. The number of pyridine rings is 1. The third-order valence-electron chi connectivity index (χ3n) is 2.40. The largest absolute Gasteiger partial charge is 0.392 e. The van der Waals surface area contributed by atoms with Gasteiger partial charge in [-0.15, -0.1) is 0 Å². The molecular weight excluding hydrogens is 271 g/mol. The average Bonchev–Trinajstić information content (AvgIpc) is 2.39. The molecule has 5 nitrogen and oxygen atoms in total. The Balaban J connectivity index is 2.42. The Labute approximate surface area is 109 Å². The Hall–Kier alpha value is -1.99. The SMILES string of the molecule is O=S(=O)(Nc1cccnc1)c1cc(F)ccc1CO. The van der Waals surface area contributed by atoms with Crippen LogP contribution in [0.3, 0.4) is 0 Å². The zero-order valence-corrected chi connectivity index (χ0v) is 10.6. The number of rotatable bonds is 4. The molecule has 0 spiro atoms. The first-order valence-electron chi connectivity index (χ1n) is 5.35. The number of benzene rings is 1. The van der Waals surface area contributed by atoms with E-state index in [0.717, 1.165) is 12.1 Å². The lowest BCUT2D eigenvalue weighted by Crippen LogP contribution is -2.15. The summed E-state index contributed by atoms with van der Waals surface area (Å²) >= 11 is 0. The van der Waals surface area contributed by atoms with Gasteiger partial charge in [0, 0.05) is 6.20 Å². The van der Waals surface area contributed by atoms with Gasteiger partial charge in [-0.1, -0.05) is 6.07 Å². The fourth-order valence-corrected chi connectivity index (χ4v) is 2.83. The van der Waals surface area contributed by atoms with Gasteiger partial charge in [0.05, 0.1) is 23.4 Å². The van der Waals surface area contributed by atoms with Crippen LogP contribution in [0.5, 0.6) is 0 Å². The van der Waals surface area contributed by atoms with E-state index in [0.29, 0.717) is 0 Å². The Kier molecular flexibility index (Phi) is 3.77. The van der Waals surface area contributed by atoms with Gasteiger partial charge in [0.25, 0.3) is 10.0 Å². The fourth-order valence-electron chi connectivity index (χ4n) is 1.54. The quantitative estimate of drug-likeness (QED) is 0.891. The zero-order chi connectivity index (χ0) is 13.9. The number of anilines is 1. The molecule has 0 aliphatic rings. The van der Waals surface area contributed by atoms with E-state index in [4.69, 9.17) is 5.11 Å². The van der Waals surface area contributed by atoms with E-state index in [1.54, 1.807) is 6.07 Å². The van der Waals surface area contributed by atoms with Crippen LogP contribution in [0.25, 0.3) is 0 Å². The number of hydrogen-bond acceptors (Lipinski definition) is 4. The summed E-state index contributed by atoms with van der Waals surface area (Å²) in [6.45, 7) is -0.496. The lowest BCUT2D eigenvalue weighted by Gasteiger charge is -2.10. The number of aliphatic hydroxyl groups excluding tert-OH is 1. The zero-order valence-electron chi connectivity index (χ0n) is 9.75.